The van der Waals surface area contributed by atoms with Gasteiger partial charge in [0.2, 0.25) is 0 Å². The fraction of sp³-hybridized carbons (Fsp3) is 0.500. The van der Waals surface area contributed by atoms with Crippen molar-refractivity contribution < 1.29 is 14.3 Å². The molecule has 0 fully saturated rings. The molecule has 18 heavy (non-hydrogen) atoms. The summed E-state index contributed by atoms with van der Waals surface area (Å²) in [7, 11) is 3.01. The topological polar surface area (TPSA) is 77.7 Å². The maximum absolute atomic E-state index is 11.2. The number of rotatable bonds is 7. The Morgan fingerprint density at radius 3 is 2.83 bits per heavy atom. The largest absolute Gasteiger partial charge is 0.469 e. The van der Waals surface area contributed by atoms with Crippen LogP contribution in [0, 0.1) is 0 Å². The van der Waals surface area contributed by atoms with Gasteiger partial charge in [-0.25, -0.2) is 0 Å². The van der Waals surface area contributed by atoms with Crippen LogP contribution in [-0.2, 0) is 14.3 Å². The fourth-order valence-electron chi connectivity index (χ4n) is 1.57. The molecule has 6 nitrogen and oxygen atoms in total. The van der Waals surface area contributed by atoms with Gasteiger partial charge in [0.25, 0.3) is 0 Å². The van der Waals surface area contributed by atoms with E-state index in [1.165, 1.54) is 7.11 Å². The summed E-state index contributed by atoms with van der Waals surface area (Å²) >= 11 is 0. The number of nitrogens with two attached hydrogens (primary N) is 1. The lowest BCUT2D eigenvalue weighted by molar-refractivity contribution is -0.140. The quantitative estimate of drug-likeness (QED) is 0.720. The van der Waals surface area contributed by atoms with Gasteiger partial charge >= 0.3 is 5.97 Å². The third kappa shape index (κ3) is 4.21. The van der Waals surface area contributed by atoms with Gasteiger partial charge < -0.3 is 20.1 Å². The summed E-state index contributed by atoms with van der Waals surface area (Å²) < 4.78 is 9.68. The first kappa shape index (κ1) is 14.2. The summed E-state index contributed by atoms with van der Waals surface area (Å²) in [5.74, 6) is -0.245. The van der Waals surface area contributed by atoms with Crippen molar-refractivity contribution in [2.24, 2.45) is 0 Å². The van der Waals surface area contributed by atoms with Crippen molar-refractivity contribution in [2.45, 2.75) is 6.42 Å². The summed E-state index contributed by atoms with van der Waals surface area (Å²) in [6.45, 7) is 1.74. The van der Waals surface area contributed by atoms with Gasteiger partial charge in [-0.1, -0.05) is 0 Å². The zero-order chi connectivity index (χ0) is 13.4. The van der Waals surface area contributed by atoms with Crippen LogP contribution in [0.5, 0.6) is 0 Å². The highest BCUT2D eigenvalue weighted by Gasteiger charge is 2.11. The Morgan fingerprint density at radius 1 is 1.44 bits per heavy atom. The number of methoxy groups -OCH3 is 2. The predicted molar refractivity (Wildman–Crippen MR) is 69.4 cm³/mol. The smallest absolute Gasteiger partial charge is 0.307 e. The number of aromatic nitrogens is 1. The molecule has 0 aromatic carbocycles. The maximum Gasteiger partial charge on any atom is 0.307 e. The number of esters is 1. The van der Waals surface area contributed by atoms with Gasteiger partial charge in [-0.05, 0) is 6.07 Å². The molecular weight excluding hydrogens is 234 g/mol. The molecule has 0 unspecified atom stereocenters. The lowest BCUT2D eigenvalue weighted by Gasteiger charge is -2.25. The molecule has 0 spiro atoms. The van der Waals surface area contributed by atoms with Crippen LogP contribution in [0.2, 0.25) is 0 Å². The highest BCUT2D eigenvalue weighted by Crippen LogP contribution is 2.21. The Labute approximate surface area is 107 Å². The molecule has 2 N–H and O–H groups in total. The molecule has 0 aliphatic rings. The molecule has 100 valence electrons. The van der Waals surface area contributed by atoms with Crippen LogP contribution in [0.4, 0.5) is 11.4 Å². The zero-order valence-electron chi connectivity index (χ0n) is 10.8. The van der Waals surface area contributed by atoms with Crippen LogP contribution in [0.25, 0.3) is 0 Å². The highest BCUT2D eigenvalue weighted by atomic mass is 16.5. The summed E-state index contributed by atoms with van der Waals surface area (Å²) in [6.07, 6.45) is 3.57. The first-order valence-corrected chi connectivity index (χ1v) is 5.69. The molecule has 0 aliphatic carbocycles. The molecule has 0 saturated heterocycles. The summed E-state index contributed by atoms with van der Waals surface area (Å²) in [5, 5.41) is 0. The number of anilines is 2. The molecule has 0 radical (unpaired) electrons. The minimum absolute atomic E-state index is 0.245. The number of ether oxygens (including phenoxy) is 2. The Kier molecular flexibility index (Phi) is 5.93. The van der Waals surface area contributed by atoms with Crippen LogP contribution >= 0.6 is 0 Å². The van der Waals surface area contributed by atoms with Gasteiger partial charge in [0.15, 0.2) is 0 Å². The summed E-state index contributed by atoms with van der Waals surface area (Å²) in [6, 6.07) is 1.82. The standard InChI is InChI=1S/C12H19N3O3/c1-17-8-7-15(6-4-12(16)18-2)11-3-5-14-9-10(11)13/h3,5,9H,4,6-8,13H2,1-2H3. The van der Waals surface area contributed by atoms with E-state index in [0.29, 0.717) is 31.8 Å². The maximum atomic E-state index is 11.2. The molecular formula is C12H19N3O3. The van der Waals surface area contributed by atoms with Crippen molar-refractivity contribution in [1.29, 1.82) is 0 Å². The van der Waals surface area contributed by atoms with E-state index in [-0.39, 0.29) is 5.97 Å². The van der Waals surface area contributed by atoms with Crippen LogP contribution in [0.15, 0.2) is 18.5 Å². The Morgan fingerprint density at radius 2 is 2.22 bits per heavy atom. The van der Waals surface area contributed by atoms with Crippen LogP contribution in [-0.4, -0.2) is 44.9 Å². The lowest BCUT2D eigenvalue weighted by Crippen LogP contribution is -2.30. The van der Waals surface area contributed by atoms with Gasteiger partial charge in [-0.2, -0.15) is 0 Å². The van der Waals surface area contributed by atoms with Gasteiger partial charge in [0, 0.05) is 26.4 Å². The number of pyridine rings is 1. The number of hydrogen-bond acceptors (Lipinski definition) is 6. The van der Waals surface area contributed by atoms with E-state index in [4.69, 9.17) is 10.5 Å². The van der Waals surface area contributed by atoms with E-state index in [9.17, 15) is 4.79 Å². The second kappa shape index (κ2) is 7.50. The number of carbonyl (C=O) groups is 1. The second-order valence-corrected chi connectivity index (χ2v) is 3.74. The average Bonchev–Trinajstić information content (AvgIpc) is 2.39. The first-order valence-electron chi connectivity index (χ1n) is 5.69. The molecule has 1 heterocycles. The van der Waals surface area contributed by atoms with Gasteiger partial charge in [0.1, 0.15) is 0 Å². The van der Waals surface area contributed by atoms with E-state index in [0.717, 1.165) is 5.69 Å². The zero-order valence-corrected chi connectivity index (χ0v) is 10.8. The van der Waals surface area contributed by atoms with E-state index in [1.54, 1.807) is 19.5 Å². The molecule has 1 aromatic rings. The van der Waals surface area contributed by atoms with Crippen molar-refractivity contribution in [2.75, 3.05) is 44.5 Å². The molecule has 0 aliphatic heterocycles. The molecule has 6 heteroatoms. The van der Waals surface area contributed by atoms with Gasteiger partial charge in [-0.15, -0.1) is 0 Å². The monoisotopic (exact) mass is 253 g/mol. The SMILES string of the molecule is COCCN(CCC(=O)OC)c1ccncc1N. The second-order valence-electron chi connectivity index (χ2n) is 3.74. The van der Waals surface area contributed by atoms with Crippen molar-refractivity contribution in [1.82, 2.24) is 4.98 Å². The Hall–Kier alpha value is -1.82. The highest BCUT2D eigenvalue weighted by molar-refractivity contribution is 5.71. The van der Waals surface area contributed by atoms with Crippen molar-refractivity contribution >= 4 is 17.3 Å². The van der Waals surface area contributed by atoms with Crippen LogP contribution in [0.3, 0.4) is 0 Å². The molecule has 0 bridgehead atoms. The Bertz CT molecular complexity index is 385. The van der Waals surface area contributed by atoms with E-state index < -0.39 is 0 Å². The van der Waals surface area contributed by atoms with Gasteiger partial charge in [0.05, 0.1) is 37.7 Å². The van der Waals surface area contributed by atoms with Crippen molar-refractivity contribution in [3.63, 3.8) is 0 Å². The van der Waals surface area contributed by atoms with E-state index in [1.807, 2.05) is 11.0 Å². The minimum atomic E-state index is -0.245. The molecule has 0 saturated carbocycles. The Balaban J connectivity index is 2.71. The minimum Gasteiger partial charge on any atom is -0.469 e. The van der Waals surface area contributed by atoms with Crippen LogP contribution < -0.4 is 10.6 Å². The normalized spacial score (nSPS) is 10.1. The summed E-state index contributed by atoms with van der Waals surface area (Å²) in [5.41, 5.74) is 7.31. The predicted octanol–water partition coefficient (Wildman–Crippen LogP) is 0.680. The van der Waals surface area contributed by atoms with Crippen molar-refractivity contribution in [3.8, 4) is 0 Å². The third-order valence-electron chi connectivity index (χ3n) is 2.55. The number of hydrogen-bond donors (Lipinski definition) is 1. The molecule has 1 rings (SSSR count). The average molecular weight is 253 g/mol. The van der Waals surface area contributed by atoms with Crippen molar-refractivity contribution in [3.05, 3.63) is 18.5 Å². The number of nitrogen functional groups attached to an aromatic ring is 1. The number of carbonyl (C=O) groups excluding carboxylic acids is 1. The number of nitrogens with zero attached hydrogens (tertiary/aromatic N) is 2. The van der Waals surface area contributed by atoms with E-state index >= 15 is 0 Å². The van der Waals surface area contributed by atoms with E-state index in [2.05, 4.69) is 9.72 Å². The fourth-order valence-corrected chi connectivity index (χ4v) is 1.57. The third-order valence-corrected chi connectivity index (χ3v) is 2.55. The summed E-state index contributed by atoms with van der Waals surface area (Å²) in [4.78, 5) is 17.1. The first-order chi connectivity index (χ1) is 8.69. The molecule has 1 aromatic heterocycles. The van der Waals surface area contributed by atoms with Gasteiger partial charge in [-0.3, -0.25) is 9.78 Å². The lowest BCUT2D eigenvalue weighted by atomic mass is 10.2. The molecule has 0 amide bonds. The molecule has 0 atom stereocenters. The van der Waals surface area contributed by atoms with Crippen LogP contribution in [0.1, 0.15) is 6.42 Å².